The minimum atomic E-state index is -0.482. The third kappa shape index (κ3) is 6.61. The van der Waals surface area contributed by atoms with Crippen LogP contribution >= 0.6 is 0 Å². The fourth-order valence-corrected chi connectivity index (χ4v) is 1.52. The number of hydrogen-bond acceptors (Lipinski definition) is 5. The highest BCUT2D eigenvalue weighted by Crippen LogP contribution is 2.12. The monoisotopic (exact) mass is 292 g/mol. The summed E-state index contributed by atoms with van der Waals surface area (Å²) in [4.78, 5) is 22.6. The molecule has 0 radical (unpaired) electrons. The van der Waals surface area contributed by atoms with Gasteiger partial charge in [0.1, 0.15) is 19.0 Å². The number of ether oxygens (including phenoxy) is 3. The summed E-state index contributed by atoms with van der Waals surface area (Å²) in [6, 6.07) is 7.50. The lowest BCUT2D eigenvalue weighted by molar-refractivity contribution is -0.150. The van der Waals surface area contributed by atoms with E-state index in [-0.39, 0.29) is 25.6 Å². The van der Waals surface area contributed by atoms with E-state index in [1.54, 1.807) is 14.0 Å². The molecule has 0 fully saturated rings. The predicted molar refractivity (Wildman–Crippen MR) is 78.0 cm³/mol. The van der Waals surface area contributed by atoms with Crippen LogP contribution in [0, 0.1) is 0 Å². The van der Waals surface area contributed by atoms with Gasteiger partial charge in [0.15, 0.2) is 0 Å². The summed E-state index contributed by atoms with van der Waals surface area (Å²) in [6.45, 7) is 5.11. The highest BCUT2D eigenvalue weighted by atomic mass is 16.6. The van der Waals surface area contributed by atoms with Gasteiger partial charge in [0.05, 0.1) is 7.11 Å². The molecule has 5 heteroatoms. The van der Waals surface area contributed by atoms with Crippen molar-refractivity contribution in [2.45, 2.75) is 19.8 Å². The van der Waals surface area contributed by atoms with Crippen LogP contribution in [0.15, 0.2) is 36.4 Å². The number of carbonyl (C=O) groups is 2. The number of aryl methyl sites for hydroxylation is 1. The Morgan fingerprint density at radius 1 is 1.10 bits per heavy atom. The van der Waals surface area contributed by atoms with E-state index < -0.39 is 5.97 Å². The number of methoxy groups -OCH3 is 1. The molecule has 0 aliphatic heterocycles. The van der Waals surface area contributed by atoms with Gasteiger partial charge < -0.3 is 14.2 Å². The largest absolute Gasteiger partial charge is 0.497 e. The quantitative estimate of drug-likeness (QED) is 0.418. The lowest BCUT2D eigenvalue weighted by Gasteiger charge is -2.06. The third-order valence-electron chi connectivity index (χ3n) is 2.70. The van der Waals surface area contributed by atoms with Gasteiger partial charge in [-0.1, -0.05) is 18.7 Å². The number of rotatable bonds is 8. The Labute approximate surface area is 124 Å². The van der Waals surface area contributed by atoms with Crippen LogP contribution in [0.25, 0.3) is 0 Å². The second kappa shape index (κ2) is 8.79. The van der Waals surface area contributed by atoms with Crippen molar-refractivity contribution in [1.82, 2.24) is 0 Å². The average molecular weight is 292 g/mol. The minimum Gasteiger partial charge on any atom is -0.497 e. The van der Waals surface area contributed by atoms with Crippen LogP contribution in [0.2, 0.25) is 0 Å². The lowest BCUT2D eigenvalue weighted by atomic mass is 10.1. The average Bonchev–Trinajstić information content (AvgIpc) is 2.49. The summed E-state index contributed by atoms with van der Waals surface area (Å²) in [7, 11) is 1.60. The van der Waals surface area contributed by atoms with Gasteiger partial charge in [-0.3, -0.25) is 4.79 Å². The first kappa shape index (κ1) is 16.8. The van der Waals surface area contributed by atoms with E-state index in [4.69, 9.17) is 14.2 Å². The molecule has 0 aliphatic carbocycles. The molecule has 1 aromatic rings. The molecular weight excluding hydrogens is 272 g/mol. The topological polar surface area (TPSA) is 61.8 Å². The number of benzene rings is 1. The summed E-state index contributed by atoms with van der Waals surface area (Å²) >= 11 is 0. The zero-order chi connectivity index (χ0) is 15.7. The van der Waals surface area contributed by atoms with Crippen molar-refractivity contribution < 1.29 is 23.8 Å². The van der Waals surface area contributed by atoms with Gasteiger partial charge >= 0.3 is 11.9 Å². The predicted octanol–water partition coefficient (Wildman–Crippen LogP) is 2.29. The van der Waals surface area contributed by atoms with Crippen molar-refractivity contribution in [2.75, 3.05) is 20.3 Å². The molecule has 0 N–H and O–H groups in total. The van der Waals surface area contributed by atoms with E-state index in [0.717, 1.165) is 11.3 Å². The van der Waals surface area contributed by atoms with Gasteiger partial charge in [-0.05, 0) is 31.0 Å². The van der Waals surface area contributed by atoms with Crippen molar-refractivity contribution in [3.05, 3.63) is 42.0 Å². The Morgan fingerprint density at radius 2 is 1.71 bits per heavy atom. The van der Waals surface area contributed by atoms with Crippen molar-refractivity contribution in [1.29, 1.82) is 0 Å². The zero-order valence-corrected chi connectivity index (χ0v) is 12.4. The van der Waals surface area contributed by atoms with E-state index in [1.807, 2.05) is 24.3 Å². The maximum absolute atomic E-state index is 11.5. The van der Waals surface area contributed by atoms with Gasteiger partial charge in [0, 0.05) is 12.0 Å². The summed E-state index contributed by atoms with van der Waals surface area (Å²) in [5, 5.41) is 0. The van der Waals surface area contributed by atoms with Crippen molar-refractivity contribution in [3.63, 3.8) is 0 Å². The highest BCUT2D eigenvalue weighted by Gasteiger charge is 2.06. The number of esters is 2. The summed E-state index contributed by atoms with van der Waals surface area (Å²) in [5.74, 6) is -0.0258. The molecule has 114 valence electrons. The van der Waals surface area contributed by atoms with Crippen molar-refractivity contribution in [3.8, 4) is 5.75 Å². The van der Waals surface area contributed by atoms with E-state index in [2.05, 4.69) is 6.58 Å². The summed E-state index contributed by atoms with van der Waals surface area (Å²) in [6.07, 6.45) is 0.870. The van der Waals surface area contributed by atoms with Crippen LogP contribution < -0.4 is 4.74 Å². The van der Waals surface area contributed by atoms with Gasteiger partial charge in [0.25, 0.3) is 0 Å². The number of hydrogen-bond donors (Lipinski definition) is 0. The van der Waals surface area contributed by atoms with Crippen LogP contribution in [0.5, 0.6) is 5.75 Å². The molecule has 0 atom stereocenters. The second-order valence-electron chi connectivity index (χ2n) is 4.48. The maximum Gasteiger partial charge on any atom is 0.333 e. The van der Waals surface area contributed by atoms with Crippen LogP contribution in [-0.2, 0) is 25.5 Å². The van der Waals surface area contributed by atoms with Crippen LogP contribution in [-0.4, -0.2) is 32.3 Å². The molecule has 5 nitrogen and oxygen atoms in total. The van der Waals surface area contributed by atoms with Gasteiger partial charge in [-0.25, -0.2) is 4.79 Å². The Balaban J connectivity index is 2.18. The van der Waals surface area contributed by atoms with Gasteiger partial charge in [-0.2, -0.15) is 0 Å². The minimum absolute atomic E-state index is 0.0416. The molecule has 0 heterocycles. The standard InChI is InChI=1S/C16H20O5/c1-12(2)16(18)21-11-10-20-15(17)9-6-13-4-7-14(19-3)8-5-13/h4-5,7-8H,1,6,9-11H2,2-3H3. The fraction of sp³-hybridized carbons (Fsp3) is 0.375. The smallest absolute Gasteiger partial charge is 0.333 e. The molecule has 1 rings (SSSR count). The molecular formula is C16H20O5. The number of carbonyl (C=O) groups excluding carboxylic acids is 2. The Morgan fingerprint density at radius 3 is 2.29 bits per heavy atom. The van der Waals surface area contributed by atoms with Crippen molar-refractivity contribution >= 4 is 11.9 Å². The first-order valence-corrected chi connectivity index (χ1v) is 6.64. The van der Waals surface area contributed by atoms with E-state index in [9.17, 15) is 9.59 Å². The summed E-state index contributed by atoms with van der Waals surface area (Å²) in [5.41, 5.74) is 1.35. The Kier molecular flexibility index (Phi) is 7.01. The van der Waals surface area contributed by atoms with Crippen LogP contribution in [0.3, 0.4) is 0 Å². The van der Waals surface area contributed by atoms with E-state index in [1.165, 1.54) is 0 Å². The third-order valence-corrected chi connectivity index (χ3v) is 2.70. The molecule has 0 saturated heterocycles. The SMILES string of the molecule is C=C(C)C(=O)OCCOC(=O)CCc1ccc(OC)cc1. The normalized spacial score (nSPS) is 9.81. The van der Waals surface area contributed by atoms with Crippen molar-refractivity contribution in [2.24, 2.45) is 0 Å². The van der Waals surface area contributed by atoms with E-state index >= 15 is 0 Å². The molecule has 1 aromatic carbocycles. The Hall–Kier alpha value is -2.30. The first-order chi connectivity index (χ1) is 10.0. The molecule has 0 unspecified atom stereocenters. The van der Waals surface area contributed by atoms with Gasteiger partial charge in [-0.15, -0.1) is 0 Å². The molecule has 21 heavy (non-hydrogen) atoms. The summed E-state index contributed by atoms with van der Waals surface area (Å²) < 4.78 is 14.8. The lowest BCUT2D eigenvalue weighted by Crippen LogP contribution is -2.14. The van der Waals surface area contributed by atoms with Gasteiger partial charge in [0.2, 0.25) is 0 Å². The highest BCUT2D eigenvalue weighted by molar-refractivity contribution is 5.86. The van der Waals surface area contributed by atoms with E-state index in [0.29, 0.717) is 12.0 Å². The molecule has 0 spiro atoms. The van der Waals surface area contributed by atoms with Crippen LogP contribution in [0.1, 0.15) is 18.9 Å². The molecule has 0 aliphatic rings. The Bertz CT molecular complexity index is 490. The molecule has 0 saturated carbocycles. The molecule has 0 bridgehead atoms. The van der Waals surface area contributed by atoms with Crippen LogP contribution in [0.4, 0.5) is 0 Å². The zero-order valence-electron chi connectivity index (χ0n) is 12.4. The molecule has 0 amide bonds. The second-order valence-corrected chi connectivity index (χ2v) is 4.48. The fourth-order valence-electron chi connectivity index (χ4n) is 1.52. The maximum atomic E-state index is 11.5. The first-order valence-electron chi connectivity index (χ1n) is 6.64. The molecule has 0 aromatic heterocycles.